The van der Waals surface area contributed by atoms with Crippen molar-refractivity contribution in [3.05, 3.63) is 59.2 Å². The van der Waals surface area contributed by atoms with Crippen LogP contribution in [-0.4, -0.2) is 75.0 Å². The number of nitrogens with one attached hydrogen (secondary N) is 1. The van der Waals surface area contributed by atoms with Gasteiger partial charge in [0.2, 0.25) is 0 Å². The standard InChI is InChI=1S/C26H33N5O5S/c1-18-15-24(30(2)10-9-19-5-7-21(33-3)23(16-19)34-4)28-26(27-18)37-17-20-6-8-22(36-20)25(32)29-31-11-13-35-14-12-31/h5-8,15-16H,9-14,17H2,1-4H3,(H,29,32). The summed E-state index contributed by atoms with van der Waals surface area (Å²) < 4.78 is 21.8. The molecule has 3 aromatic rings. The molecule has 0 aliphatic carbocycles. The number of hydrogen-bond acceptors (Lipinski definition) is 10. The number of furan rings is 1. The molecule has 0 atom stereocenters. The summed E-state index contributed by atoms with van der Waals surface area (Å²) in [6.45, 7) is 5.25. The molecule has 198 valence electrons. The maximum absolute atomic E-state index is 12.5. The van der Waals surface area contributed by atoms with Gasteiger partial charge in [-0.2, -0.15) is 0 Å². The number of anilines is 1. The number of benzene rings is 1. The van der Waals surface area contributed by atoms with Crippen molar-refractivity contribution in [2.24, 2.45) is 0 Å². The molecule has 3 heterocycles. The SMILES string of the molecule is COc1ccc(CCN(C)c2cc(C)nc(SCc3ccc(C(=O)NN4CCOCC4)o3)n2)cc1OC. The lowest BCUT2D eigenvalue weighted by atomic mass is 10.1. The molecule has 1 N–H and O–H groups in total. The first-order valence-electron chi connectivity index (χ1n) is 12.1. The molecular weight excluding hydrogens is 494 g/mol. The first-order chi connectivity index (χ1) is 17.9. The number of carbonyl (C=O) groups is 1. The van der Waals surface area contributed by atoms with Gasteiger partial charge < -0.3 is 23.5 Å². The van der Waals surface area contributed by atoms with E-state index in [2.05, 4.69) is 15.3 Å². The highest BCUT2D eigenvalue weighted by atomic mass is 32.2. The number of hydrazine groups is 1. The first-order valence-corrected chi connectivity index (χ1v) is 13.1. The molecule has 11 heteroatoms. The van der Waals surface area contributed by atoms with E-state index >= 15 is 0 Å². The van der Waals surface area contributed by atoms with Gasteiger partial charge in [-0.1, -0.05) is 17.8 Å². The van der Waals surface area contributed by atoms with E-state index in [-0.39, 0.29) is 11.7 Å². The van der Waals surface area contributed by atoms with Crippen LogP contribution >= 0.6 is 11.8 Å². The number of nitrogens with zero attached hydrogens (tertiary/aromatic N) is 4. The van der Waals surface area contributed by atoms with E-state index in [1.807, 2.05) is 49.3 Å². The van der Waals surface area contributed by atoms with Gasteiger partial charge in [0, 0.05) is 38.4 Å². The lowest BCUT2D eigenvalue weighted by Gasteiger charge is -2.26. The van der Waals surface area contributed by atoms with E-state index in [0.717, 1.165) is 35.8 Å². The normalized spacial score (nSPS) is 13.8. The Morgan fingerprint density at radius 1 is 1.11 bits per heavy atom. The van der Waals surface area contributed by atoms with Gasteiger partial charge in [0.1, 0.15) is 11.6 Å². The number of carbonyl (C=O) groups excluding carboxylic acids is 1. The van der Waals surface area contributed by atoms with Gasteiger partial charge in [-0.25, -0.2) is 15.0 Å². The average Bonchev–Trinajstić information content (AvgIpc) is 3.40. The number of hydrogen-bond donors (Lipinski definition) is 1. The molecule has 0 saturated carbocycles. The van der Waals surface area contributed by atoms with E-state index in [1.165, 1.54) is 11.8 Å². The van der Waals surface area contributed by atoms with Gasteiger partial charge in [-0.3, -0.25) is 10.2 Å². The molecule has 0 spiro atoms. The topological polar surface area (TPSA) is 102 Å². The summed E-state index contributed by atoms with van der Waals surface area (Å²) in [5.74, 6) is 3.51. The molecule has 1 saturated heterocycles. The Labute approximate surface area is 221 Å². The molecule has 0 unspecified atom stereocenters. The predicted octanol–water partition coefficient (Wildman–Crippen LogP) is 3.34. The van der Waals surface area contributed by atoms with E-state index < -0.39 is 0 Å². The van der Waals surface area contributed by atoms with Gasteiger partial charge in [0.25, 0.3) is 0 Å². The van der Waals surface area contributed by atoms with Crippen molar-refractivity contribution in [2.75, 3.05) is 59.0 Å². The molecule has 4 rings (SSSR count). The molecule has 2 aromatic heterocycles. The molecule has 1 aromatic carbocycles. The zero-order chi connectivity index (χ0) is 26.2. The van der Waals surface area contributed by atoms with Gasteiger partial charge in [-0.05, 0) is 43.2 Å². The summed E-state index contributed by atoms with van der Waals surface area (Å²) in [5.41, 5.74) is 4.89. The number of methoxy groups -OCH3 is 2. The minimum absolute atomic E-state index is 0.261. The Morgan fingerprint density at radius 2 is 1.89 bits per heavy atom. The summed E-state index contributed by atoms with van der Waals surface area (Å²) in [4.78, 5) is 23.9. The van der Waals surface area contributed by atoms with Crippen LogP contribution in [-0.2, 0) is 16.9 Å². The lowest BCUT2D eigenvalue weighted by molar-refractivity contribution is 0.0117. The maximum Gasteiger partial charge on any atom is 0.301 e. The number of amides is 1. The Bertz CT molecular complexity index is 1200. The van der Waals surface area contributed by atoms with Crippen LogP contribution in [0.4, 0.5) is 5.82 Å². The van der Waals surface area contributed by atoms with Crippen molar-refractivity contribution in [2.45, 2.75) is 24.3 Å². The van der Waals surface area contributed by atoms with Crippen LogP contribution in [0, 0.1) is 6.92 Å². The highest BCUT2D eigenvalue weighted by Crippen LogP contribution is 2.28. The van der Waals surface area contributed by atoms with Crippen LogP contribution in [0.25, 0.3) is 0 Å². The molecular formula is C26H33N5O5S. The number of rotatable bonds is 11. The summed E-state index contributed by atoms with van der Waals surface area (Å²) in [5, 5.41) is 2.50. The smallest absolute Gasteiger partial charge is 0.301 e. The zero-order valence-electron chi connectivity index (χ0n) is 21.7. The fourth-order valence-corrected chi connectivity index (χ4v) is 4.61. The number of thioether (sulfide) groups is 1. The monoisotopic (exact) mass is 527 g/mol. The van der Waals surface area contributed by atoms with Crippen molar-refractivity contribution in [3.63, 3.8) is 0 Å². The van der Waals surface area contributed by atoms with Gasteiger partial charge >= 0.3 is 5.91 Å². The molecule has 1 aliphatic heterocycles. The molecule has 10 nitrogen and oxygen atoms in total. The van der Waals surface area contributed by atoms with Crippen LogP contribution in [0.15, 0.2) is 46.0 Å². The van der Waals surface area contributed by atoms with Crippen molar-refractivity contribution >= 4 is 23.5 Å². The molecule has 1 aliphatic rings. The average molecular weight is 528 g/mol. The highest BCUT2D eigenvalue weighted by molar-refractivity contribution is 7.98. The number of morpholine rings is 1. The third-order valence-corrected chi connectivity index (χ3v) is 6.76. The number of aromatic nitrogens is 2. The third-order valence-electron chi connectivity index (χ3n) is 5.89. The number of likely N-dealkylation sites (N-methyl/N-ethyl adjacent to an activating group) is 1. The number of aryl methyl sites for hydroxylation is 1. The highest BCUT2D eigenvalue weighted by Gasteiger charge is 2.17. The first kappa shape index (κ1) is 26.8. The third kappa shape index (κ3) is 7.37. The minimum Gasteiger partial charge on any atom is -0.493 e. The van der Waals surface area contributed by atoms with Crippen molar-refractivity contribution in [1.82, 2.24) is 20.4 Å². The van der Waals surface area contributed by atoms with E-state index in [1.54, 1.807) is 20.3 Å². The fourth-order valence-electron chi connectivity index (χ4n) is 3.82. The van der Waals surface area contributed by atoms with Gasteiger partial charge in [-0.15, -0.1) is 0 Å². The van der Waals surface area contributed by atoms with E-state index in [9.17, 15) is 4.79 Å². The molecule has 0 bridgehead atoms. The summed E-state index contributed by atoms with van der Waals surface area (Å²) in [6.07, 6.45) is 0.823. The Morgan fingerprint density at radius 3 is 2.65 bits per heavy atom. The Hall–Kier alpha value is -3.28. The fraction of sp³-hybridized carbons (Fsp3) is 0.423. The molecule has 1 amide bonds. The zero-order valence-corrected chi connectivity index (χ0v) is 22.5. The second-order valence-electron chi connectivity index (χ2n) is 8.61. The minimum atomic E-state index is -0.261. The predicted molar refractivity (Wildman–Crippen MR) is 141 cm³/mol. The van der Waals surface area contributed by atoms with Crippen LogP contribution in [0.1, 0.15) is 27.6 Å². The van der Waals surface area contributed by atoms with Crippen LogP contribution in [0.2, 0.25) is 0 Å². The molecule has 37 heavy (non-hydrogen) atoms. The second kappa shape index (κ2) is 12.8. The largest absolute Gasteiger partial charge is 0.493 e. The van der Waals surface area contributed by atoms with Crippen molar-refractivity contribution in [3.8, 4) is 11.5 Å². The second-order valence-corrected chi connectivity index (χ2v) is 9.55. The van der Waals surface area contributed by atoms with Crippen molar-refractivity contribution < 1.29 is 23.4 Å². The van der Waals surface area contributed by atoms with E-state index in [0.29, 0.717) is 48.7 Å². The van der Waals surface area contributed by atoms with Crippen molar-refractivity contribution in [1.29, 1.82) is 0 Å². The quantitative estimate of drug-likeness (QED) is 0.295. The molecule has 0 radical (unpaired) electrons. The summed E-state index contributed by atoms with van der Waals surface area (Å²) in [7, 11) is 5.29. The number of ether oxygens (including phenoxy) is 3. The van der Waals surface area contributed by atoms with Gasteiger partial charge in [0.15, 0.2) is 22.4 Å². The maximum atomic E-state index is 12.5. The van der Waals surface area contributed by atoms with Gasteiger partial charge in [0.05, 0.1) is 33.2 Å². The summed E-state index contributed by atoms with van der Waals surface area (Å²) in [6, 6.07) is 11.4. The lowest BCUT2D eigenvalue weighted by Crippen LogP contribution is -2.48. The van der Waals surface area contributed by atoms with Crippen LogP contribution < -0.4 is 19.8 Å². The summed E-state index contributed by atoms with van der Waals surface area (Å²) >= 11 is 1.47. The van der Waals surface area contributed by atoms with E-state index in [4.69, 9.17) is 23.6 Å². The van der Waals surface area contributed by atoms with Crippen LogP contribution in [0.3, 0.4) is 0 Å². The van der Waals surface area contributed by atoms with Crippen LogP contribution in [0.5, 0.6) is 11.5 Å². The Balaban J connectivity index is 1.32. The Kier molecular flexibility index (Phi) is 9.26. The molecule has 1 fully saturated rings.